The van der Waals surface area contributed by atoms with E-state index in [9.17, 15) is 18.8 Å². The van der Waals surface area contributed by atoms with E-state index in [0.717, 1.165) is 4.90 Å². The monoisotopic (exact) mass is 405 g/mol. The quantitative estimate of drug-likeness (QED) is 0.354. The number of hydrogen-bond acceptors (Lipinski definition) is 5. The maximum Gasteiger partial charge on any atom is 0.338 e. The minimum atomic E-state index is -0.563. The van der Waals surface area contributed by atoms with Gasteiger partial charge in [-0.2, -0.15) is 0 Å². The number of fused-ring (bicyclic) bond motifs is 1. The van der Waals surface area contributed by atoms with Gasteiger partial charge in [0.05, 0.1) is 22.4 Å². The number of esters is 1. The van der Waals surface area contributed by atoms with E-state index in [0.29, 0.717) is 22.6 Å². The Morgan fingerprint density at radius 1 is 0.800 bits per heavy atom. The van der Waals surface area contributed by atoms with E-state index in [1.165, 1.54) is 48.5 Å². The minimum Gasteiger partial charge on any atom is -0.490 e. The number of imide groups is 1. The Morgan fingerprint density at radius 3 is 2.00 bits per heavy atom. The van der Waals surface area contributed by atoms with Crippen molar-refractivity contribution in [2.75, 3.05) is 18.1 Å². The molecule has 0 radical (unpaired) electrons. The van der Waals surface area contributed by atoms with E-state index in [2.05, 4.69) is 0 Å². The number of halogens is 1. The van der Waals surface area contributed by atoms with Crippen molar-refractivity contribution in [2.24, 2.45) is 0 Å². The highest BCUT2D eigenvalue weighted by atomic mass is 19.1. The molecular formula is C23H16FNO5. The third-order valence-electron chi connectivity index (χ3n) is 4.55. The summed E-state index contributed by atoms with van der Waals surface area (Å²) in [6.07, 6.45) is 0. The first-order valence-electron chi connectivity index (χ1n) is 9.18. The number of benzene rings is 3. The lowest BCUT2D eigenvalue weighted by molar-refractivity contribution is 0.0450. The van der Waals surface area contributed by atoms with Crippen molar-refractivity contribution in [3.8, 4) is 5.75 Å². The summed E-state index contributed by atoms with van der Waals surface area (Å²) in [7, 11) is 0. The van der Waals surface area contributed by atoms with Crippen molar-refractivity contribution in [1.82, 2.24) is 0 Å². The molecule has 3 aromatic rings. The zero-order chi connectivity index (χ0) is 21.1. The summed E-state index contributed by atoms with van der Waals surface area (Å²) in [6, 6.07) is 18.1. The first kappa shape index (κ1) is 19.3. The maximum atomic E-state index is 12.8. The van der Waals surface area contributed by atoms with Gasteiger partial charge < -0.3 is 9.47 Å². The third-order valence-corrected chi connectivity index (χ3v) is 4.55. The molecule has 0 aromatic heterocycles. The molecule has 0 spiro atoms. The summed E-state index contributed by atoms with van der Waals surface area (Å²) < 4.78 is 23.4. The van der Waals surface area contributed by atoms with Crippen LogP contribution in [0, 0.1) is 5.82 Å². The minimum absolute atomic E-state index is 0.0103. The van der Waals surface area contributed by atoms with Gasteiger partial charge in [-0.05, 0) is 60.7 Å². The average Bonchev–Trinajstić information content (AvgIpc) is 3.03. The molecule has 0 aliphatic carbocycles. The molecule has 0 bridgehead atoms. The lowest BCUT2D eigenvalue weighted by atomic mass is 10.1. The van der Waals surface area contributed by atoms with Gasteiger partial charge in [-0.3, -0.25) is 9.59 Å². The van der Waals surface area contributed by atoms with E-state index < -0.39 is 17.8 Å². The topological polar surface area (TPSA) is 72.9 Å². The molecule has 1 heterocycles. The second-order valence-electron chi connectivity index (χ2n) is 6.48. The van der Waals surface area contributed by atoms with Crippen LogP contribution in [-0.2, 0) is 4.74 Å². The van der Waals surface area contributed by atoms with Gasteiger partial charge in [-0.15, -0.1) is 0 Å². The number of nitrogens with zero attached hydrogens (tertiary/aromatic N) is 1. The summed E-state index contributed by atoms with van der Waals surface area (Å²) in [6.45, 7) is 0.126. The molecule has 30 heavy (non-hydrogen) atoms. The van der Waals surface area contributed by atoms with E-state index in [-0.39, 0.29) is 24.6 Å². The number of hydrogen-bond donors (Lipinski definition) is 0. The molecule has 6 nitrogen and oxygen atoms in total. The summed E-state index contributed by atoms with van der Waals surface area (Å²) in [5.41, 5.74) is 1.36. The lowest BCUT2D eigenvalue weighted by Gasteiger charge is -2.14. The molecule has 4 rings (SSSR count). The molecule has 0 saturated carbocycles. The summed E-state index contributed by atoms with van der Waals surface area (Å²) in [5.74, 6) is -1.25. The Balaban J connectivity index is 1.34. The molecule has 1 aliphatic rings. The standard InChI is InChI=1S/C23H16FNO5/c24-16-7-11-18(12-8-16)29-13-14-30-23(28)15-5-9-17(10-6-15)25-21(26)19-3-1-2-4-20(19)22(25)27/h1-12H,13-14H2. The molecule has 0 atom stereocenters. The van der Waals surface area contributed by atoms with Crippen LogP contribution < -0.4 is 9.64 Å². The van der Waals surface area contributed by atoms with Crippen LogP contribution in [0.5, 0.6) is 5.75 Å². The Morgan fingerprint density at radius 2 is 1.40 bits per heavy atom. The fraction of sp³-hybridized carbons (Fsp3) is 0.0870. The number of amides is 2. The molecule has 2 amide bonds. The third kappa shape index (κ3) is 3.77. The number of carbonyl (C=O) groups excluding carboxylic acids is 3. The molecular weight excluding hydrogens is 389 g/mol. The number of carbonyl (C=O) groups is 3. The molecule has 7 heteroatoms. The van der Waals surface area contributed by atoms with Gasteiger partial charge in [-0.1, -0.05) is 12.1 Å². The fourth-order valence-corrected chi connectivity index (χ4v) is 3.08. The van der Waals surface area contributed by atoms with Crippen LogP contribution >= 0.6 is 0 Å². The zero-order valence-electron chi connectivity index (χ0n) is 15.7. The van der Waals surface area contributed by atoms with Gasteiger partial charge in [0, 0.05) is 0 Å². The second kappa shape index (κ2) is 8.16. The van der Waals surface area contributed by atoms with Crippen LogP contribution in [0.1, 0.15) is 31.1 Å². The SMILES string of the molecule is O=C(OCCOc1ccc(F)cc1)c1ccc(N2C(=O)c3ccccc3C2=O)cc1. The van der Waals surface area contributed by atoms with Crippen LogP contribution in [-0.4, -0.2) is 31.0 Å². The van der Waals surface area contributed by atoms with Gasteiger partial charge in [0.2, 0.25) is 0 Å². The summed E-state index contributed by atoms with van der Waals surface area (Å²) in [4.78, 5) is 38.3. The molecule has 150 valence electrons. The van der Waals surface area contributed by atoms with Crippen LogP contribution in [0.25, 0.3) is 0 Å². The van der Waals surface area contributed by atoms with E-state index in [1.807, 2.05) is 0 Å². The van der Waals surface area contributed by atoms with Gasteiger partial charge in [0.15, 0.2) is 0 Å². The van der Waals surface area contributed by atoms with E-state index in [1.54, 1.807) is 24.3 Å². The average molecular weight is 405 g/mol. The Labute approximate surface area is 171 Å². The predicted octanol–water partition coefficient (Wildman–Crippen LogP) is 3.86. The zero-order valence-corrected chi connectivity index (χ0v) is 15.7. The summed E-state index contributed by atoms with van der Waals surface area (Å²) >= 11 is 0. The molecule has 1 aliphatic heterocycles. The Bertz CT molecular complexity index is 1070. The largest absolute Gasteiger partial charge is 0.490 e. The molecule has 0 N–H and O–H groups in total. The number of rotatable bonds is 6. The van der Waals surface area contributed by atoms with Crippen LogP contribution in [0.2, 0.25) is 0 Å². The second-order valence-corrected chi connectivity index (χ2v) is 6.48. The van der Waals surface area contributed by atoms with Crippen LogP contribution in [0.3, 0.4) is 0 Å². The van der Waals surface area contributed by atoms with Crippen molar-refractivity contribution < 1.29 is 28.2 Å². The van der Waals surface area contributed by atoms with E-state index in [4.69, 9.17) is 9.47 Å². The van der Waals surface area contributed by atoms with Crippen molar-refractivity contribution in [1.29, 1.82) is 0 Å². The smallest absolute Gasteiger partial charge is 0.338 e. The fourth-order valence-electron chi connectivity index (χ4n) is 3.08. The number of anilines is 1. The highest BCUT2D eigenvalue weighted by Crippen LogP contribution is 2.28. The van der Waals surface area contributed by atoms with Gasteiger partial charge in [-0.25, -0.2) is 14.1 Å². The van der Waals surface area contributed by atoms with Gasteiger partial charge in [0.25, 0.3) is 11.8 Å². The summed E-state index contributed by atoms with van der Waals surface area (Å²) in [5, 5.41) is 0. The molecule has 0 unspecified atom stereocenters. The molecule has 0 saturated heterocycles. The normalized spacial score (nSPS) is 12.6. The lowest BCUT2D eigenvalue weighted by Crippen LogP contribution is -2.29. The molecule has 3 aromatic carbocycles. The van der Waals surface area contributed by atoms with E-state index >= 15 is 0 Å². The van der Waals surface area contributed by atoms with Crippen molar-refractivity contribution in [2.45, 2.75) is 0 Å². The highest BCUT2D eigenvalue weighted by molar-refractivity contribution is 6.34. The first-order valence-corrected chi connectivity index (χ1v) is 9.18. The maximum absolute atomic E-state index is 12.8. The predicted molar refractivity (Wildman–Crippen MR) is 106 cm³/mol. The Hall–Kier alpha value is -4.00. The van der Waals surface area contributed by atoms with Gasteiger partial charge in [0.1, 0.15) is 24.8 Å². The van der Waals surface area contributed by atoms with Crippen LogP contribution in [0.15, 0.2) is 72.8 Å². The van der Waals surface area contributed by atoms with Crippen molar-refractivity contribution in [3.63, 3.8) is 0 Å². The van der Waals surface area contributed by atoms with Crippen molar-refractivity contribution >= 4 is 23.5 Å². The molecule has 0 fully saturated rings. The highest BCUT2D eigenvalue weighted by Gasteiger charge is 2.36. The first-order chi connectivity index (χ1) is 14.5. The van der Waals surface area contributed by atoms with Crippen LogP contribution in [0.4, 0.5) is 10.1 Å². The Kier molecular flexibility index (Phi) is 5.26. The number of ether oxygens (including phenoxy) is 2. The van der Waals surface area contributed by atoms with Crippen molar-refractivity contribution in [3.05, 3.63) is 95.3 Å². The van der Waals surface area contributed by atoms with Gasteiger partial charge >= 0.3 is 5.97 Å².